The highest BCUT2D eigenvalue weighted by atomic mass is 16.5. The molecule has 1 aromatic heterocycles. The Morgan fingerprint density at radius 2 is 1.85 bits per heavy atom. The van der Waals surface area contributed by atoms with Crippen LogP contribution in [0.3, 0.4) is 0 Å². The van der Waals surface area contributed by atoms with Crippen molar-refractivity contribution in [2.45, 2.75) is 98.5 Å². The second-order valence-electron chi connectivity index (χ2n) is 12.6. The minimum absolute atomic E-state index is 0.0574. The molecule has 1 aliphatic heterocycles. The van der Waals surface area contributed by atoms with Gasteiger partial charge in [-0.1, -0.05) is 45.4 Å². The molecule has 5 atom stereocenters. The maximum Gasteiger partial charge on any atom is 0.309 e. The van der Waals surface area contributed by atoms with Crippen LogP contribution in [0.4, 0.5) is 0 Å². The molecule has 8 heteroatoms. The van der Waals surface area contributed by atoms with Gasteiger partial charge in [0.2, 0.25) is 0 Å². The molecule has 0 amide bonds. The zero-order valence-corrected chi connectivity index (χ0v) is 25.6. The Hall–Kier alpha value is -2.55. The van der Waals surface area contributed by atoms with E-state index in [4.69, 9.17) is 9.72 Å². The van der Waals surface area contributed by atoms with Crippen molar-refractivity contribution in [1.82, 2.24) is 14.5 Å². The van der Waals surface area contributed by atoms with E-state index in [1.165, 1.54) is 5.57 Å². The number of aromatic nitrogens is 2. The van der Waals surface area contributed by atoms with Gasteiger partial charge in [-0.25, -0.2) is 4.98 Å². The smallest absolute Gasteiger partial charge is 0.309 e. The summed E-state index contributed by atoms with van der Waals surface area (Å²) < 4.78 is 8.17. The van der Waals surface area contributed by atoms with Crippen LogP contribution in [0.1, 0.15) is 84.2 Å². The molecular weight excluding hydrogens is 506 g/mol. The molecule has 2 heterocycles. The van der Waals surface area contributed by atoms with Crippen LogP contribution in [-0.2, 0) is 20.9 Å². The van der Waals surface area contributed by atoms with Gasteiger partial charge in [0.1, 0.15) is 17.7 Å². The SMILES string of the molecule is C/C1=C/C[C@@H](c2ccc3c(c2)nc(C)n3CCN(C)C)OC(=O)CC(O)C(C)(C)C(=O)C(C)[C@@H](O)C(C)CCC1. The number of rotatable bonds is 4. The standard InChI is InChI=1S/C32H49N3O5/c1-20-10-9-11-21(2)30(38)22(3)31(39)32(5,6)28(36)19-29(37)40-27(15-12-20)24-13-14-26-25(18-24)33-23(4)35(26)17-16-34(7)8/h12-14,18,21-22,27-28,30,36,38H,9-11,15-17,19H2,1-8H3/b20-12-/t21?,22?,27-,28?,30-/m0/s1. The van der Waals surface area contributed by atoms with Crippen LogP contribution in [0, 0.1) is 24.2 Å². The number of ketones is 1. The van der Waals surface area contributed by atoms with Crippen molar-refractivity contribution < 1.29 is 24.5 Å². The number of cyclic esters (lactones) is 1. The molecule has 3 unspecified atom stereocenters. The lowest BCUT2D eigenvalue weighted by molar-refractivity contribution is -0.155. The molecule has 1 aromatic carbocycles. The number of Topliss-reactive ketones (excluding diaryl/α,β-unsaturated/α-hetero) is 1. The van der Waals surface area contributed by atoms with E-state index >= 15 is 0 Å². The number of allylic oxidation sites excluding steroid dienone is 1. The predicted octanol–water partition coefficient (Wildman–Crippen LogP) is 4.99. The van der Waals surface area contributed by atoms with Crippen LogP contribution in [-0.4, -0.2) is 69.3 Å². The van der Waals surface area contributed by atoms with Gasteiger partial charge in [0.15, 0.2) is 0 Å². The number of carbonyl (C=O) groups excluding carboxylic acids is 2. The number of likely N-dealkylation sites (N-methyl/N-ethyl adjacent to an activating group) is 1. The van der Waals surface area contributed by atoms with Crippen LogP contribution in [0.5, 0.6) is 0 Å². The van der Waals surface area contributed by atoms with E-state index in [1.54, 1.807) is 20.8 Å². The quantitative estimate of drug-likeness (QED) is 0.405. The first-order chi connectivity index (χ1) is 18.7. The zero-order chi connectivity index (χ0) is 29.8. The third-order valence-electron chi connectivity index (χ3n) is 8.63. The third kappa shape index (κ3) is 7.59. The summed E-state index contributed by atoms with van der Waals surface area (Å²) in [5, 5.41) is 21.8. The summed E-state index contributed by atoms with van der Waals surface area (Å²) in [5.41, 5.74) is 2.71. The molecule has 0 fully saturated rings. The summed E-state index contributed by atoms with van der Waals surface area (Å²) in [7, 11) is 4.09. The van der Waals surface area contributed by atoms with Crippen molar-refractivity contribution in [2.24, 2.45) is 17.3 Å². The van der Waals surface area contributed by atoms with Gasteiger partial charge in [-0.3, -0.25) is 9.59 Å². The Kier molecular flexibility index (Phi) is 10.7. The lowest BCUT2D eigenvalue weighted by atomic mass is 9.73. The number of esters is 1. The molecule has 2 aromatic rings. The number of benzene rings is 1. The van der Waals surface area contributed by atoms with E-state index in [0.29, 0.717) is 6.42 Å². The molecule has 40 heavy (non-hydrogen) atoms. The summed E-state index contributed by atoms with van der Waals surface area (Å²) in [6.45, 7) is 12.7. The Balaban J connectivity index is 1.93. The van der Waals surface area contributed by atoms with Crippen molar-refractivity contribution in [3.63, 3.8) is 0 Å². The average molecular weight is 556 g/mol. The van der Waals surface area contributed by atoms with E-state index in [0.717, 1.165) is 54.8 Å². The van der Waals surface area contributed by atoms with Crippen LogP contribution >= 0.6 is 0 Å². The van der Waals surface area contributed by atoms with Crippen molar-refractivity contribution in [3.8, 4) is 0 Å². The molecule has 0 saturated heterocycles. The van der Waals surface area contributed by atoms with Gasteiger partial charge < -0.3 is 24.4 Å². The van der Waals surface area contributed by atoms with Crippen LogP contribution in [0.2, 0.25) is 0 Å². The normalized spacial score (nSPS) is 28.9. The highest BCUT2D eigenvalue weighted by Crippen LogP contribution is 2.33. The number of aryl methyl sites for hydroxylation is 1. The number of aliphatic hydroxyl groups is 2. The molecule has 0 radical (unpaired) electrons. The number of fused-ring (bicyclic) bond motifs is 1. The molecule has 0 spiro atoms. The number of hydrogen-bond acceptors (Lipinski definition) is 7. The molecule has 0 aliphatic carbocycles. The first kappa shape index (κ1) is 32.0. The number of carbonyl (C=O) groups is 2. The summed E-state index contributed by atoms with van der Waals surface area (Å²) in [6, 6.07) is 6.01. The summed E-state index contributed by atoms with van der Waals surface area (Å²) in [4.78, 5) is 33.4. The molecular formula is C32H49N3O5. The topological polar surface area (TPSA) is 105 Å². The predicted molar refractivity (Wildman–Crippen MR) is 158 cm³/mol. The average Bonchev–Trinajstić information content (AvgIpc) is 3.21. The number of aliphatic hydroxyl groups excluding tert-OH is 2. The van der Waals surface area contributed by atoms with Gasteiger partial charge in [0.05, 0.1) is 35.1 Å². The van der Waals surface area contributed by atoms with Gasteiger partial charge in [0.25, 0.3) is 0 Å². The summed E-state index contributed by atoms with van der Waals surface area (Å²) >= 11 is 0. The minimum atomic E-state index is -1.24. The monoisotopic (exact) mass is 555 g/mol. The van der Waals surface area contributed by atoms with E-state index in [9.17, 15) is 19.8 Å². The number of imidazole rings is 1. The fraction of sp³-hybridized carbons (Fsp3) is 0.656. The van der Waals surface area contributed by atoms with Gasteiger partial charge in [-0.05, 0) is 70.8 Å². The summed E-state index contributed by atoms with van der Waals surface area (Å²) in [6.07, 6.45) is 2.25. The van der Waals surface area contributed by atoms with E-state index in [1.807, 2.05) is 46.1 Å². The van der Waals surface area contributed by atoms with Crippen molar-refractivity contribution >= 4 is 22.8 Å². The highest BCUT2D eigenvalue weighted by Gasteiger charge is 2.42. The molecule has 1 aliphatic rings. The van der Waals surface area contributed by atoms with Crippen LogP contribution < -0.4 is 0 Å². The Morgan fingerprint density at radius 3 is 2.52 bits per heavy atom. The molecule has 222 valence electrons. The number of hydrogen-bond donors (Lipinski definition) is 2. The van der Waals surface area contributed by atoms with Gasteiger partial charge in [-0.15, -0.1) is 0 Å². The lowest BCUT2D eigenvalue weighted by Crippen LogP contribution is -2.45. The van der Waals surface area contributed by atoms with Gasteiger partial charge in [0, 0.05) is 25.4 Å². The lowest BCUT2D eigenvalue weighted by Gasteiger charge is -2.34. The fourth-order valence-electron chi connectivity index (χ4n) is 5.60. The van der Waals surface area contributed by atoms with Crippen LogP contribution in [0.25, 0.3) is 11.0 Å². The maximum absolute atomic E-state index is 13.3. The Bertz CT molecular complexity index is 1210. The zero-order valence-electron chi connectivity index (χ0n) is 25.6. The number of ether oxygens (including phenoxy) is 1. The first-order valence-corrected chi connectivity index (χ1v) is 14.6. The van der Waals surface area contributed by atoms with Crippen molar-refractivity contribution in [3.05, 3.63) is 41.2 Å². The van der Waals surface area contributed by atoms with E-state index < -0.39 is 35.6 Å². The van der Waals surface area contributed by atoms with Crippen molar-refractivity contribution in [2.75, 3.05) is 20.6 Å². The van der Waals surface area contributed by atoms with Crippen molar-refractivity contribution in [1.29, 1.82) is 0 Å². The molecule has 0 bridgehead atoms. The fourth-order valence-corrected chi connectivity index (χ4v) is 5.60. The number of nitrogens with zero attached hydrogens (tertiary/aromatic N) is 3. The molecule has 3 rings (SSSR count). The maximum atomic E-state index is 13.3. The van der Waals surface area contributed by atoms with Crippen LogP contribution in [0.15, 0.2) is 29.8 Å². The third-order valence-corrected chi connectivity index (χ3v) is 8.63. The first-order valence-electron chi connectivity index (χ1n) is 14.6. The molecule has 2 N–H and O–H groups in total. The van der Waals surface area contributed by atoms with Gasteiger partial charge in [-0.2, -0.15) is 0 Å². The Labute approximate surface area is 239 Å². The second-order valence-corrected chi connectivity index (χ2v) is 12.6. The summed E-state index contributed by atoms with van der Waals surface area (Å²) in [5.74, 6) is -0.592. The second kappa shape index (κ2) is 13.4. The highest BCUT2D eigenvalue weighted by molar-refractivity contribution is 5.88. The van der Waals surface area contributed by atoms with E-state index in [2.05, 4.69) is 22.5 Å². The largest absolute Gasteiger partial charge is 0.457 e. The Morgan fingerprint density at radius 1 is 1.15 bits per heavy atom. The minimum Gasteiger partial charge on any atom is -0.457 e. The molecule has 0 saturated carbocycles. The van der Waals surface area contributed by atoms with Gasteiger partial charge >= 0.3 is 5.97 Å². The molecule has 8 nitrogen and oxygen atoms in total. The van der Waals surface area contributed by atoms with E-state index in [-0.39, 0.29) is 18.1 Å².